The van der Waals surface area contributed by atoms with Gasteiger partial charge in [0.25, 0.3) is 0 Å². The molecule has 0 radical (unpaired) electrons. The highest BCUT2D eigenvalue weighted by Gasteiger charge is 2.37. The Morgan fingerprint density at radius 3 is 2.56 bits per heavy atom. The molecule has 2 heterocycles. The number of nitrogens with one attached hydrogen (secondary N) is 2. The quantitative estimate of drug-likeness (QED) is 0.828. The standard InChI is InChI=1S/C18H28N4O3/c1-10(2)15-8-22(9-16(15)21-13(5)23)17(24)7-6-14-11(3)19-18(25)20-12(14)4/h10,15-16H,6-9H2,1-5H3,(H,21,23)(H,19,20,25)/t15-,16+/m0/s1. The number of aromatic amines is 1. The molecule has 138 valence electrons. The van der Waals surface area contributed by atoms with Crippen molar-refractivity contribution < 1.29 is 9.59 Å². The molecule has 1 fully saturated rings. The Balaban J connectivity index is 2.02. The lowest BCUT2D eigenvalue weighted by Gasteiger charge is -2.21. The van der Waals surface area contributed by atoms with E-state index in [1.54, 1.807) is 6.92 Å². The number of amides is 2. The fraction of sp³-hybridized carbons (Fsp3) is 0.667. The Morgan fingerprint density at radius 2 is 2.00 bits per heavy atom. The van der Waals surface area contributed by atoms with Gasteiger partial charge in [-0.25, -0.2) is 4.79 Å². The highest BCUT2D eigenvalue weighted by Crippen LogP contribution is 2.25. The monoisotopic (exact) mass is 348 g/mol. The number of aryl methyl sites for hydroxylation is 2. The number of hydrogen-bond acceptors (Lipinski definition) is 4. The zero-order chi connectivity index (χ0) is 18.7. The molecule has 1 saturated heterocycles. The minimum Gasteiger partial charge on any atom is -0.351 e. The summed E-state index contributed by atoms with van der Waals surface area (Å²) in [7, 11) is 0. The number of hydrogen-bond donors (Lipinski definition) is 2. The van der Waals surface area contributed by atoms with Crippen LogP contribution in [0.15, 0.2) is 4.79 Å². The van der Waals surface area contributed by atoms with E-state index in [0.29, 0.717) is 37.5 Å². The van der Waals surface area contributed by atoms with Crippen molar-refractivity contribution in [1.82, 2.24) is 20.2 Å². The summed E-state index contributed by atoms with van der Waals surface area (Å²) in [5.41, 5.74) is 2.00. The van der Waals surface area contributed by atoms with E-state index in [1.165, 1.54) is 6.92 Å². The van der Waals surface area contributed by atoms with Gasteiger partial charge in [-0.15, -0.1) is 0 Å². The maximum Gasteiger partial charge on any atom is 0.345 e. The van der Waals surface area contributed by atoms with E-state index in [4.69, 9.17) is 0 Å². The number of likely N-dealkylation sites (tertiary alicyclic amines) is 1. The van der Waals surface area contributed by atoms with E-state index in [2.05, 4.69) is 29.1 Å². The molecular formula is C18H28N4O3. The van der Waals surface area contributed by atoms with Gasteiger partial charge in [-0.2, -0.15) is 4.98 Å². The number of rotatable bonds is 5. The van der Waals surface area contributed by atoms with Gasteiger partial charge in [0.15, 0.2) is 0 Å². The van der Waals surface area contributed by atoms with E-state index >= 15 is 0 Å². The van der Waals surface area contributed by atoms with Crippen LogP contribution in [0, 0.1) is 25.7 Å². The van der Waals surface area contributed by atoms with Crippen LogP contribution in [0.1, 0.15) is 44.1 Å². The van der Waals surface area contributed by atoms with Gasteiger partial charge in [-0.05, 0) is 31.7 Å². The molecular weight excluding hydrogens is 320 g/mol. The zero-order valence-corrected chi connectivity index (χ0v) is 15.7. The van der Waals surface area contributed by atoms with E-state index in [0.717, 1.165) is 11.3 Å². The van der Waals surface area contributed by atoms with Crippen LogP contribution in [-0.2, 0) is 16.0 Å². The molecule has 0 aliphatic carbocycles. The second-order valence-electron chi connectivity index (χ2n) is 7.24. The molecule has 0 spiro atoms. The van der Waals surface area contributed by atoms with Crippen LogP contribution >= 0.6 is 0 Å². The van der Waals surface area contributed by atoms with Gasteiger partial charge in [0.05, 0.1) is 6.04 Å². The third-order valence-corrected chi connectivity index (χ3v) is 5.00. The molecule has 1 aliphatic rings. The van der Waals surface area contributed by atoms with Crippen molar-refractivity contribution >= 4 is 11.8 Å². The fourth-order valence-corrected chi connectivity index (χ4v) is 3.64. The topological polar surface area (TPSA) is 95.2 Å². The van der Waals surface area contributed by atoms with Crippen LogP contribution in [-0.4, -0.2) is 45.8 Å². The van der Waals surface area contributed by atoms with Crippen LogP contribution in [0.25, 0.3) is 0 Å². The van der Waals surface area contributed by atoms with E-state index in [-0.39, 0.29) is 29.5 Å². The average Bonchev–Trinajstić information content (AvgIpc) is 2.89. The van der Waals surface area contributed by atoms with Crippen molar-refractivity contribution in [2.24, 2.45) is 11.8 Å². The van der Waals surface area contributed by atoms with Gasteiger partial charge in [0, 0.05) is 43.7 Å². The lowest BCUT2D eigenvalue weighted by atomic mass is 9.91. The SMILES string of the molecule is CC(=O)N[C@@H]1CN(C(=O)CCc2c(C)nc(=O)[nH]c2C)C[C@H]1C(C)C. The largest absolute Gasteiger partial charge is 0.351 e. The lowest BCUT2D eigenvalue weighted by Crippen LogP contribution is -2.41. The van der Waals surface area contributed by atoms with Gasteiger partial charge < -0.3 is 15.2 Å². The van der Waals surface area contributed by atoms with Crippen LogP contribution in [0.3, 0.4) is 0 Å². The molecule has 7 nitrogen and oxygen atoms in total. The van der Waals surface area contributed by atoms with Gasteiger partial charge in [0.1, 0.15) is 0 Å². The smallest absolute Gasteiger partial charge is 0.345 e. The molecule has 0 saturated carbocycles. The maximum atomic E-state index is 12.6. The Morgan fingerprint density at radius 1 is 1.32 bits per heavy atom. The number of nitrogens with zero attached hydrogens (tertiary/aromatic N) is 2. The molecule has 0 unspecified atom stereocenters. The molecule has 25 heavy (non-hydrogen) atoms. The Hall–Kier alpha value is -2.18. The van der Waals surface area contributed by atoms with Crippen molar-refractivity contribution in [2.45, 2.75) is 53.5 Å². The highest BCUT2D eigenvalue weighted by molar-refractivity contribution is 5.77. The Kier molecular flexibility index (Phi) is 5.98. The van der Waals surface area contributed by atoms with Crippen LogP contribution in [0.2, 0.25) is 0 Å². The predicted molar refractivity (Wildman–Crippen MR) is 95.2 cm³/mol. The number of carbonyl (C=O) groups excluding carboxylic acids is 2. The van der Waals surface area contributed by atoms with Gasteiger partial charge >= 0.3 is 5.69 Å². The summed E-state index contributed by atoms with van der Waals surface area (Å²) in [5.74, 6) is 0.674. The van der Waals surface area contributed by atoms with Crippen molar-refractivity contribution in [3.8, 4) is 0 Å². The number of carbonyl (C=O) groups is 2. The number of H-pyrrole nitrogens is 1. The first-order valence-electron chi connectivity index (χ1n) is 8.80. The normalized spacial score (nSPS) is 20.2. The fourth-order valence-electron chi connectivity index (χ4n) is 3.64. The summed E-state index contributed by atoms with van der Waals surface area (Å²) in [6, 6.07) is 0.0136. The third kappa shape index (κ3) is 4.67. The molecule has 0 bridgehead atoms. The van der Waals surface area contributed by atoms with E-state index in [9.17, 15) is 14.4 Å². The number of aromatic nitrogens is 2. The third-order valence-electron chi connectivity index (χ3n) is 5.00. The zero-order valence-electron chi connectivity index (χ0n) is 15.7. The summed E-state index contributed by atoms with van der Waals surface area (Å²) in [4.78, 5) is 43.8. The minimum atomic E-state index is -0.359. The summed E-state index contributed by atoms with van der Waals surface area (Å²) in [5, 5.41) is 2.97. The molecule has 7 heteroatoms. The molecule has 1 aromatic rings. The average molecular weight is 348 g/mol. The van der Waals surface area contributed by atoms with Crippen molar-refractivity contribution in [3.05, 3.63) is 27.4 Å². The second kappa shape index (κ2) is 7.80. The highest BCUT2D eigenvalue weighted by atomic mass is 16.2. The molecule has 2 atom stereocenters. The molecule has 2 rings (SSSR count). The first kappa shape index (κ1) is 19.1. The second-order valence-corrected chi connectivity index (χ2v) is 7.24. The lowest BCUT2D eigenvalue weighted by molar-refractivity contribution is -0.130. The van der Waals surface area contributed by atoms with Crippen molar-refractivity contribution in [1.29, 1.82) is 0 Å². The van der Waals surface area contributed by atoms with Crippen molar-refractivity contribution in [2.75, 3.05) is 13.1 Å². The molecule has 0 aromatic carbocycles. The summed E-state index contributed by atoms with van der Waals surface area (Å²) in [6.45, 7) is 10.6. The predicted octanol–water partition coefficient (Wildman–Crippen LogP) is 0.938. The summed E-state index contributed by atoms with van der Waals surface area (Å²) in [6.07, 6.45) is 0.918. The summed E-state index contributed by atoms with van der Waals surface area (Å²) >= 11 is 0. The Bertz CT molecular complexity index is 685. The van der Waals surface area contributed by atoms with Crippen LogP contribution in [0.4, 0.5) is 0 Å². The molecule has 1 aliphatic heterocycles. The first-order chi connectivity index (χ1) is 11.7. The van der Waals surface area contributed by atoms with E-state index in [1.807, 2.05) is 11.8 Å². The van der Waals surface area contributed by atoms with Gasteiger partial charge in [-0.1, -0.05) is 13.8 Å². The Labute approximate surface area is 148 Å². The minimum absolute atomic E-state index is 0.0136. The van der Waals surface area contributed by atoms with Crippen LogP contribution in [0.5, 0.6) is 0 Å². The first-order valence-corrected chi connectivity index (χ1v) is 8.80. The van der Waals surface area contributed by atoms with Crippen molar-refractivity contribution in [3.63, 3.8) is 0 Å². The van der Waals surface area contributed by atoms with Gasteiger partial charge in [0.2, 0.25) is 11.8 Å². The molecule has 2 N–H and O–H groups in total. The van der Waals surface area contributed by atoms with Gasteiger partial charge in [-0.3, -0.25) is 9.59 Å². The summed E-state index contributed by atoms with van der Waals surface area (Å²) < 4.78 is 0. The van der Waals surface area contributed by atoms with Crippen LogP contribution < -0.4 is 11.0 Å². The maximum absolute atomic E-state index is 12.6. The molecule has 1 aromatic heterocycles. The van der Waals surface area contributed by atoms with E-state index < -0.39 is 0 Å². The molecule has 2 amide bonds.